The van der Waals surface area contributed by atoms with Gasteiger partial charge in [0.25, 0.3) is 0 Å². The first-order chi connectivity index (χ1) is 8.72. The summed E-state index contributed by atoms with van der Waals surface area (Å²) in [4.78, 5) is 12.4. The number of thioether (sulfide) groups is 1. The summed E-state index contributed by atoms with van der Waals surface area (Å²) in [6, 6.07) is 15.3. The van der Waals surface area contributed by atoms with E-state index in [2.05, 4.69) is 6.07 Å². The molecule has 0 heterocycles. The molecular weight excluding hydrogens is 244 g/mol. The predicted octanol–water partition coefficient (Wildman–Crippen LogP) is 3.70. The van der Waals surface area contributed by atoms with Crippen molar-refractivity contribution in [2.24, 2.45) is 0 Å². The second-order valence-corrected chi connectivity index (χ2v) is 4.80. The predicted molar refractivity (Wildman–Crippen MR) is 74.4 cm³/mol. The maximum absolute atomic E-state index is 11.2. The lowest BCUT2D eigenvalue weighted by atomic mass is 10.00. The van der Waals surface area contributed by atoms with Crippen LogP contribution < -0.4 is 0 Å². The lowest BCUT2D eigenvalue weighted by Gasteiger charge is -2.09. The highest BCUT2D eigenvalue weighted by Crippen LogP contribution is 2.23. The van der Waals surface area contributed by atoms with E-state index < -0.39 is 5.97 Å². The second-order valence-electron chi connectivity index (χ2n) is 3.95. The van der Waals surface area contributed by atoms with Crippen molar-refractivity contribution >= 4 is 17.7 Å². The average Bonchev–Trinajstić information content (AvgIpc) is 2.40. The fourth-order valence-corrected chi connectivity index (χ4v) is 2.55. The highest BCUT2D eigenvalue weighted by atomic mass is 32.2. The highest BCUT2D eigenvalue weighted by Gasteiger charge is 2.10. The summed E-state index contributed by atoms with van der Waals surface area (Å²) < 4.78 is 0. The lowest BCUT2D eigenvalue weighted by molar-refractivity contribution is 0.0696. The largest absolute Gasteiger partial charge is 0.478 e. The van der Waals surface area contributed by atoms with Crippen LogP contribution in [0.1, 0.15) is 21.5 Å². The minimum Gasteiger partial charge on any atom is -0.478 e. The summed E-state index contributed by atoms with van der Waals surface area (Å²) >= 11 is 1.68. The van der Waals surface area contributed by atoms with Crippen LogP contribution in [0.15, 0.2) is 53.4 Å². The van der Waals surface area contributed by atoms with Gasteiger partial charge in [-0.15, -0.1) is 11.8 Å². The summed E-state index contributed by atoms with van der Waals surface area (Å²) in [5, 5.41) is 9.16. The lowest BCUT2D eigenvalue weighted by Crippen LogP contribution is -2.03. The average molecular weight is 258 g/mol. The Labute approximate surface area is 111 Å². The van der Waals surface area contributed by atoms with E-state index in [4.69, 9.17) is 5.11 Å². The van der Waals surface area contributed by atoms with Crippen LogP contribution >= 0.6 is 11.8 Å². The molecule has 0 fully saturated rings. The van der Waals surface area contributed by atoms with Gasteiger partial charge in [0.05, 0.1) is 5.56 Å². The van der Waals surface area contributed by atoms with Crippen molar-refractivity contribution < 1.29 is 9.90 Å². The molecule has 0 amide bonds. The molecule has 2 aromatic carbocycles. The molecule has 2 rings (SSSR count). The molecule has 1 N–H and O–H groups in total. The Morgan fingerprint density at radius 2 is 1.67 bits per heavy atom. The monoisotopic (exact) mass is 258 g/mol. The quantitative estimate of drug-likeness (QED) is 0.850. The van der Waals surface area contributed by atoms with Crippen molar-refractivity contribution in [1.29, 1.82) is 0 Å². The molecule has 18 heavy (non-hydrogen) atoms. The van der Waals surface area contributed by atoms with E-state index in [0.717, 1.165) is 5.56 Å². The van der Waals surface area contributed by atoms with Crippen molar-refractivity contribution in [2.45, 2.75) is 11.3 Å². The summed E-state index contributed by atoms with van der Waals surface area (Å²) in [6.07, 6.45) is 2.68. The Morgan fingerprint density at radius 1 is 1.06 bits per heavy atom. The maximum Gasteiger partial charge on any atom is 0.335 e. The van der Waals surface area contributed by atoms with Gasteiger partial charge in [-0.25, -0.2) is 4.79 Å². The summed E-state index contributed by atoms with van der Waals surface area (Å²) in [5.74, 6) is -0.868. The minimum absolute atomic E-state index is 0.383. The van der Waals surface area contributed by atoms with Gasteiger partial charge in [0, 0.05) is 4.90 Å². The molecule has 0 bridgehead atoms. The number of carboxylic acid groups (broad SMARTS) is 1. The molecule has 92 valence electrons. The number of benzene rings is 2. The van der Waals surface area contributed by atoms with Crippen LogP contribution in [0.4, 0.5) is 0 Å². The smallest absolute Gasteiger partial charge is 0.335 e. The molecule has 0 radical (unpaired) electrons. The topological polar surface area (TPSA) is 37.3 Å². The molecular formula is C15H14O2S. The fraction of sp³-hybridized carbons (Fsp3) is 0.133. The Kier molecular flexibility index (Phi) is 4.05. The third kappa shape index (κ3) is 2.74. The van der Waals surface area contributed by atoms with Crippen molar-refractivity contribution in [3.8, 4) is 0 Å². The molecule has 0 unspecified atom stereocenters. The van der Waals surface area contributed by atoms with Gasteiger partial charge in [0.2, 0.25) is 0 Å². The summed E-state index contributed by atoms with van der Waals surface area (Å²) in [5.41, 5.74) is 2.40. The third-order valence-corrected chi connectivity index (χ3v) is 3.66. The van der Waals surface area contributed by atoms with E-state index in [9.17, 15) is 4.79 Å². The summed E-state index contributed by atoms with van der Waals surface area (Å²) in [7, 11) is 0. The first kappa shape index (κ1) is 12.7. The van der Waals surface area contributed by atoms with Gasteiger partial charge >= 0.3 is 5.97 Å². The highest BCUT2D eigenvalue weighted by molar-refractivity contribution is 7.98. The first-order valence-electron chi connectivity index (χ1n) is 5.65. The van der Waals surface area contributed by atoms with Crippen molar-refractivity contribution in [2.75, 3.05) is 6.26 Å². The van der Waals surface area contributed by atoms with Gasteiger partial charge in [-0.2, -0.15) is 0 Å². The maximum atomic E-state index is 11.2. The van der Waals surface area contributed by atoms with Gasteiger partial charge in [0.15, 0.2) is 0 Å². The van der Waals surface area contributed by atoms with E-state index in [1.807, 2.05) is 36.6 Å². The van der Waals surface area contributed by atoms with E-state index in [-0.39, 0.29) is 0 Å². The van der Waals surface area contributed by atoms with Crippen molar-refractivity contribution in [3.05, 3.63) is 65.2 Å². The number of hydrogen-bond donors (Lipinski definition) is 1. The molecule has 0 aliphatic heterocycles. The Balaban J connectivity index is 2.37. The Morgan fingerprint density at radius 3 is 2.33 bits per heavy atom. The standard InChI is InChI=1S/C15H14O2S/c1-18-14-9-5-3-7-12(14)10-11-6-2-4-8-13(11)15(16)17/h2-9H,10H2,1H3,(H,16,17). The molecule has 0 atom stereocenters. The molecule has 0 spiro atoms. The Hall–Kier alpha value is -1.74. The molecule has 2 aromatic rings. The fourth-order valence-electron chi connectivity index (χ4n) is 1.94. The van der Waals surface area contributed by atoms with Gasteiger partial charge in [-0.1, -0.05) is 36.4 Å². The normalized spacial score (nSPS) is 10.3. The molecule has 0 aliphatic carbocycles. The molecule has 0 saturated carbocycles. The number of carbonyl (C=O) groups is 1. The SMILES string of the molecule is CSc1ccccc1Cc1ccccc1C(=O)O. The molecule has 2 nitrogen and oxygen atoms in total. The zero-order valence-corrected chi connectivity index (χ0v) is 10.9. The first-order valence-corrected chi connectivity index (χ1v) is 6.88. The third-order valence-electron chi connectivity index (χ3n) is 2.82. The van der Waals surface area contributed by atoms with Crippen LogP contribution in [0.3, 0.4) is 0 Å². The molecule has 0 aromatic heterocycles. The van der Waals surface area contributed by atoms with Gasteiger partial charge in [-0.3, -0.25) is 0 Å². The molecule has 0 aliphatic rings. The van der Waals surface area contributed by atoms with E-state index in [1.165, 1.54) is 10.5 Å². The van der Waals surface area contributed by atoms with Crippen LogP contribution in [0.5, 0.6) is 0 Å². The zero-order valence-electron chi connectivity index (χ0n) is 10.1. The van der Waals surface area contributed by atoms with Crippen LogP contribution in [0.25, 0.3) is 0 Å². The van der Waals surface area contributed by atoms with E-state index >= 15 is 0 Å². The minimum atomic E-state index is -0.868. The molecule has 0 saturated heterocycles. The van der Waals surface area contributed by atoms with Gasteiger partial charge in [-0.05, 0) is 35.9 Å². The van der Waals surface area contributed by atoms with Crippen LogP contribution in [0, 0.1) is 0 Å². The zero-order chi connectivity index (χ0) is 13.0. The number of hydrogen-bond acceptors (Lipinski definition) is 2. The number of carboxylic acids is 1. The van der Waals surface area contributed by atoms with E-state index in [0.29, 0.717) is 12.0 Å². The van der Waals surface area contributed by atoms with Crippen molar-refractivity contribution in [1.82, 2.24) is 0 Å². The Bertz CT molecular complexity index is 564. The van der Waals surface area contributed by atoms with Gasteiger partial charge < -0.3 is 5.11 Å². The number of rotatable bonds is 4. The van der Waals surface area contributed by atoms with Gasteiger partial charge in [0.1, 0.15) is 0 Å². The van der Waals surface area contributed by atoms with Crippen LogP contribution in [-0.2, 0) is 6.42 Å². The van der Waals surface area contributed by atoms with E-state index in [1.54, 1.807) is 23.9 Å². The van der Waals surface area contributed by atoms with Crippen molar-refractivity contribution in [3.63, 3.8) is 0 Å². The summed E-state index contributed by atoms with van der Waals surface area (Å²) in [6.45, 7) is 0. The van der Waals surface area contributed by atoms with Crippen LogP contribution in [-0.4, -0.2) is 17.3 Å². The molecule has 3 heteroatoms. The van der Waals surface area contributed by atoms with Crippen LogP contribution in [0.2, 0.25) is 0 Å². The number of aromatic carboxylic acids is 1. The second kappa shape index (κ2) is 5.74.